The Bertz CT molecular complexity index is 349. The van der Waals surface area contributed by atoms with Gasteiger partial charge in [-0.15, -0.1) is 0 Å². The Hall–Kier alpha value is -0.0600. The number of anilines is 1. The van der Waals surface area contributed by atoms with E-state index in [1.807, 2.05) is 23.9 Å². The number of hydrogen-bond donors (Lipinski definition) is 1. The van der Waals surface area contributed by atoms with Crippen LogP contribution < -0.4 is 10.1 Å². The van der Waals surface area contributed by atoms with Crippen LogP contribution in [0.1, 0.15) is 6.42 Å². The van der Waals surface area contributed by atoms with Crippen LogP contribution in [0.15, 0.2) is 16.6 Å². The predicted molar refractivity (Wildman–Crippen MR) is 77.2 cm³/mol. The zero-order chi connectivity index (χ0) is 12.0. The van der Waals surface area contributed by atoms with Crippen molar-refractivity contribution in [1.29, 1.82) is 0 Å². The summed E-state index contributed by atoms with van der Waals surface area (Å²) in [5.41, 5.74) is 0.933. The van der Waals surface area contributed by atoms with E-state index >= 15 is 0 Å². The van der Waals surface area contributed by atoms with Gasteiger partial charge in [-0.2, -0.15) is 11.8 Å². The van der Waals surface area contributed by atoms with Crippen molar-refractivity contribution in [1.82, 2.24) is 0 Å². The van der Waals surface area contributed by atoms with Crippen molar-refractivity contribution in [2.45, 2.75) is 6.42 Å². The number of thioether (sulfide) groups is 1. The third-order valence-corrected chi connectivity index (χ3v) is 3.56. The Labute approximate surface area is 114 Å². The lowest BCUT2D eigenvalue weighted by Gasteiger charge is -2.13. The van der Waals surface area contributed by atoms with Crippen LogP contribution >= 0.6 is 39.3 Å². The highest BCUT2D eigenvalue weighted by atomic mass is 79.9. The molecule has 1 aromatic rings. The molecule has 1 N–H and O–H groups in total. The number of hydrogen-bond acceptors (Lipinski definition) is 3. The van der Waals surface area contributed by atoms with Gasteiger partial charge in [0.1, 0.15) is 0 Å². The number of ether oxygens (including phenoxy) is 1. The molecule has 0 spiro atoms. The van der Waals surface area contributed by atoms with Crippen molar-refractivity contribution in [2.24, 2.45) is 0 Å². The number of halogens is 2. The fraction of sp³-hybridized carbons (Fsp3) is 0.455. The molecule has 2 nitrogen and oxygen atoms in total. The van der Waals surface area contributed by atoms with Gasteiger partial charge < -0.3 is 10.1 Å². The highest BCUT2D eigenvalue weighted by molar-refractivity contribution is 9.10. The third-order valence-electron chi connectivity index (χ3n) is 2.05. The minimum Gasteiger partial charge on any atom is -0.493 e. The van der Waals surface area contributed by atoms with Crippen LogP contribution in [0.3, 0.4) is 0 Å². The van der Waals surface area contributed by atoms with Crippen LogP contribution in [0.2, 0.25) is 5.02 Å². The van der Waals surface area contributed by atoms with E-state index < -0.39 is 0 Å². The molecular weight excluding hydrogens is 310 g/mol. The lowest BCUT2D eigenvalue weighted by Crippen LogP contribution is -2.04. The summed E-state index contributed by atoms with van der Waals surface area (Å²) in [5, 5.41) is 4.02. The Morgan fingerprint density at radius 3 is 2.88 bits per heavy atom. The van der Waals surface area contributed by atoms with Gasteiger partial charge in [0.15, 0.2) is 5.75 Å². The molecule has 0 unspecified atom stereocenters. The van der Waals surface area contributed by atoms with Crippen molar-refractivity contribution >= 4 is 45.0 Å². The molecule has 0 saturated carbocycles. The molecule has 0 heterocycles. The fourth-order valence-corrected chi connectivity index (χ4v) is 2.74. The zero-order valence-corrected chi connectivity index (χ0v) is 12.5. The molecule has 1 aromatic carbocycles. The second-order valence-electron chi connectivity index (χ2n) is 3.24. The highest BCUT2D eigenvalue weighted by Crippen LogP contribution is 2.36. The molecule has 0 radical (unpaired) electrons. The van der Waals surface area contributed by atoms with Crippen LogP contribution in [0.25, 0.3) is 0 Å². The predicted octanol–water partition coefficient (Wildman–Crippen LogP) is 4.28. The molecule has 0 aliphatic heterocycles. The maximum absolute atomic E-state index is 5.99. The van der Waals surface area contributed by atoms with Crippen molar-refractivity contribution < 1.29 is 4.74 Å². The van der Waals surface area contributed by atoms with E-state index in [1.54, 1.807) is 7.11 Å². The van der Waals surface area contributed by atoms with Crippen LogP contribution in [-0.4, -0.2) is 25.7 Å². The van der Waals surface area contributed by atoms with Crippen molar-refractivity contribution in [3.05, 3.63) is 21.6 Å². The summed E-state index contributed by atoms with van der Waals surface area (Å²) in [6, 6.07) is 3.71. The fourth-order valence-electron chi connectivity index (χ4n) is 1.34. The average Bonchev–Trinajstić information content (AvgIpc) is 2.24. The smallest absolute Gasteiger partial charge is 0.156 e. The Kier molecular flexibility index (Phi) is 6.39. The highest BCUT2D eigenvalue weighted by Gasteiger charge is 2.08. The summed E-state index contributed by atoms with van der Waals surface area (Å²) in [4.78, 5) is 0. The summed E-state index contributed by atoms with van der Waals surface area (Å²) >= 11 is 11.3. The molecule has 5 heteroatoms. The van der Waals surface area contributed by atoms with Gasteiger partial charge in [0.25, 0.3) is 0 Å². The van der Waals surface area contributed by atoms with Crippen LogP contribution in [0.5, 0.6) is 5.75 Å². The molecule has 90 valence electrons. The normalized spacial score (nSPS) is 10.2. The van der Waals surface area contributed by atoms with Crippen molar-refractivity contribution in [3.63, 3.8) is 0 Å². The van der Waals surface area contributed by atoms with E-state index in [2.05, 4.69) is 27.5 Å². The molecule has 1 rings (SSSR count). The Balaban J connectivity index is 2.69. The lowest BCUT2D eigenvalue weighted by molar-refractivity contribution is 0.414. The second kappa shape index (κ2) is 7.30. The van der Waals surface area contributed by atoms with E-state index in [1.165, 1.54) is 0 Å². The summed E-state index contributed by atoms with van der Waals surface area (Å²) in [5.74, 6) is 1.95. The molecule has 0 amide bonds. The zero-order valence-electron chi connectivity index (χ0n) is 9.35. The monoisotopic (exact) mass is 323 g/mol. The van der Waals surface area contributed by atoms with Gasteiger partial charge in [-0.1, -0.05) is 11.6 Å². The van der Waals surface area contributed by atoms with Gasteiger partial charge >= 0.3 is 0 Å². The van der Waals surface area contributed by atoms with Gasteiger partial charge in [-0.3, -0.25) is 0 Å². The molecule has 0 atom stereocenters. The topological polar surface area (TPSA) is 21.3 Å². The van der Waals surface area contributed by atoms with Crippen LogP contribution in [0, 0.1) is 0 Å². The maximum Gasteiger partial charge on any atom is 0.156 e. The van der Waals surface area contributed by atoms with Gasteiger partial charge in [-0.25, -0.2) is 0 Å². The summed E-state index contributed by atoms with van der Waals surface area (Å²) in [6.45, 7) is 0.921. The van der Waals surface area contributed by atoms with E-state index in [9.17, 15) is 0 Å². The molecule has 0 bridgehead atoms. The molecule has 16 heavy (non-hydrogen) atoms. The molecule has 0 aromatic heterocycles. The standard InChI is InChI=1S/C11H15BrClNOS/c1-15-11-9(12)6-8(13)7-10(11)14-4-3-5-16-2/h6-7,14H,3-5H2,1-2H3. The molecule has 0 aliphatic carbocycles. The van der Waals surface area contributed by atoms with Crippen LogP contribution in [0.4, 0.5) is 5.69 Å². The molecule has 0 fully saturated rings. The van der Waals surface area contributed by atoms with Gasteiger partial charge in [0, 0.05) is 11.6 Å². The van der Waals surface area contributed by atoms with E-state index in [-0.39, 0.29) is 0 Å². The van der Waals surface area contributed by atoms with Gasteiger partial charge in [0.05, 0.1) is 17.3 Å². The third kappa shape index (κ3) is 4.07. The first kappa shape index (κ1) is 14.0. The summed E-state index contributed by atoms with van der Waals surface area (Å²) < 4.78 is 6.19. The van der Waals surface area contributed by atoms with Crippen LogP contribution in [-0.2, 0) is 0 Å². The molecule has 0 aliphatic rings. The Morgan fingerprint density at radius 1 is 1.50 bits per heavy atom. The first-order valence-electron chi connectivity index (χ1n) is 4.95. The van der Waals surface area contributed by atoms with E-state index in [0.29, 0.717) is 5.02 Å². The summed E-state index contributed by atoms with van der Waals surface area (Å²) in [6.07, 6.45) is 3.23. The first-order valence-corrected chi connectivity index (χ1v) is 7.51. The largest absolute Gasteiger partial charge is 0.493 e. The number of nitrogens with one attached hydrogen (secondary N) is 1. The number of benzene rings is 1. The number of rotatable bonds is 6. The molecule has 0 saturated heterocycles. The minimum absolute atomic E-state index is 0.694. The van der Waals surface area contributed by atoms with Gasteiger partial charge in [0.2, 0.25) is 0 Å². The SMILES string of the molecule is COc1c(Br)cc(Cl)cc1NCCCSC. The maximum atomic E-state index is 5.99. The van der Waals surface area contributed by atoms with Gasteiger partial charge in [-0.05, 0) is 46.5 Å². The first-order chi connectivity index (χ1) is 7.69. The average molecular weight is 325 g/mol. The van der Waals surface area contributed by atoms with Crippen molar-refractivity contribution in [3.8, 4) is 5.75 Å². The van der Waals surface area contributed by atoms with E-state index in [0.717, 1.165) is 34.6 Å². The van der Waals surface area contributed by atoms with Crippen molar-refractivity contribution in [2.75, 3.05) is 31.0 Å². The lowest BCUT2D eigenvalue weighted by atomic mass is 10.3. The Morgan fingerprint density at radius 2 is 2.25 bits per heavy atom. The quantitative estimate of drug-likeness (QED) is 0.789. The summed E-state index contributed by atoms with van der Waals surface area (Å²) in [7, 11) is 1.65. The number of methoxy groups -OCH3 is 1. The molecular formula is C11H15BrClNOS. The minimum atomic E-state index is 0.694. The second-order valence-corrected chi connectivity index (χ2v) is 5.52. The van der Waals surface area contributed by atoms with E-state index in [4.69, 9.17) is 16.3 Å².